The summed E-state index contributed by atoms with van der Waals surface area (Å²) in [6.45, 7) is 4.51. The normalized spacial score (nSPS) is 21.5. The zero-order valence-corrected chi connectivity index (χ0v) is 16.3. The average Bonchev–Trinajstić information content (AvgIpc) is 3.29. The van der Waals surface area contributed by atoms with Crippen molar-refractivity contribution in [3.05, 3.63) is 24.2 Å². The van der Waals surface area contributed by atoms with Crippen molar-refractivity contribution in [1.29, 1.82) is 0 Å². The third kappa shape index (κ3) is 4.62. The molecular formula is C16H25IN4O3. The van der Waals surface area contributed by atoms with E-state index in [4.69, 9.17) is 9.15 Å². The highest BCUT2D eigenvalue weighted by Crippen LogP contribution is 2.12. The SMILES string of the molecule is CN=C(NCC1CCCO1)N1CCN(C(=O)c2ccco2)CC1.I. The number of aliphatic imine (C=N–C) groups is 1. The molecule has 2 aliphatic rings. The standard InChI is InChI=1S/C16H24N4O3.HI/c1-17-16(18-12-13-4-2-10-22-13)20-8-6-19(7-9-20)15(21)14-5-3-11-23-14;/h3,5,11,13H,2,4,6-10,12H2,1H3,(H,17,18);1H. The van der Waals surface area contributed by atoms with Gasteiger partial charge in [-0.05, 0) is 25.0 Å². The van der Waals surface area contributed by atoms with E-state index in [9.17, 15) is 4.79 Å². The number of carbonyl (C=O) groups excluding carboxylic acids is 1. The second-order valence-corrected chi connectivity index (χ2v) is 5.82. The summed E-state index contributed by atoms with van der Waals surface area (Å²) >= 11 is 0. The van der Waals surface area contributed by atoms with E-state index in [1.807, 2.05) is 4.90 Å². The molecule has 0 bridgehead atoms. The Morgan fingerprint density at radius 3 is 2.67 bits per heavy atom. The summed E-state index contributed by atoms with van der Waals surface area (Å²) in [6, 6.07) is 3.44. The quantitative estimate of drug-likeness (QED) is 0.430. The lowest BCUT2D eigenvalue weighted by molar-refractivity contribution is 0.0656. The number of furan rings is 1. The molecule has 0 radical (unpaired) electrons. The van der Waals surface area contributed by atoms with Gasteiger partial charge in [-0.2, -0.15) is 0 Å². The van der Waals surface area contributed by atoms with E-state index < -0.39 is 0 Å². The first-order valence-electron chi connectivity index (χ1n) is 8.18. The van der Waals surface area contributed by atoms with Crippen LogP contribution in [0.4, 0.5) is 0 Å². The van der Waals surface area contributed by atoms with E-state index in [0.717, 1.165) is 45.0 Å². The van der Waals surface area contributed by atoms with Crippen LogP contribution in [0, 0.1) is 0 Å². The summed E-state index contributed by atoms with van der Waals surface area (Å²) in [5.41, 5.74) is 0. The summed E-state index contributed by atoms with van der Waals surface area (Å²) in [5.74, 6) is 1.24. The number of amides is 1. The highest BCUT2D eigenvalue weighted by atomic mass is 127. The molecular weight excluding hydrogens is 423 g/mol. The Bertz CT molecular complexity index is 536. The molecule has 7 nitrogen and oxygen atoms in total. The molecule has 0 saturated carbocycles. The molecule has 3 rings (SSSR count). The number of guanidine groups is 1. The Kier molecular flexibility index (Phi) is 7.35. The summed E-state index contributed by atoms with van der Waals surface area (Å²) in [4.78, 5) is 20.6. The topological polar surface area (TPSA) is 70.3 Å². The van der Waals surface area contributed by atoms with Gasteiger partial charge >= 0.3 is 0 Å². The lowest BCUT2D eigenvalue weighted by atomic mass is 10.2. The molecule has 2 fully saturated rings. The van der Waals surface area contributed by atoms with Gasteiger partial charge in [-0.1, -0.05) is 0 Å². The number of hydrogen-bond donors (Lipinski definition) is 1. The predicted molar refractivity (Wildman–Crippen MR) is 102 cm³/mol. The molecule has 1 N–H and O–H groups in total. The first-order chi connectivity index (χ1) is 11.3. The molecule has 1 atom stereocenters. The number of hydrogen-bond acceptors (Lipinski definition) is 4. The molecule has 1 unspecified atom stereocenters. The number of rotatable bonds is 3. The van der Waals surface area contributed by atoms with Crippen LogP contribution >= 0.6 is 24.0 Å². The number of nitrogens with zero attached hydrogens (tertiary/aromatic N) is 3. The van der Waals surface area contributed by atoms with Crippen molar-refractivity contribution < 1.29 is 13.9 Å². The molecule has 3 heterocycles. The van der Waals surface area contributed by atoms with Gasteiger partial charge in [-0.3, -0.25) is 9.79 Å². The molecule has 0 spiro atoms. The maximum Gasteiger partial charge on any atom is 0.289 e. The van der Waals surface area contributed by atoms with Crippen molar-refractivity contribution in [1.82, 2.24) is 15.1 Å². The summed E-state index contributed by atoms with van der Waals surface area (Å²) in [6.07, 6.45) is 4.06. The summed E-state index contributed by atoms with van der Waals surface area (Å²) in [7, 11) is 1.79. The highest BCUT2D eigenvalue weighted by molar-refractivity contribution is 14.0. The number of nitrogens with one attached hydrogen (secondary N) is 1. The van der Waals surface area contributed by atoms with Crippen molar-refractivity contribution >= 4 is 35.8 Å². The third-order valence-corrected chi connectivity index (χ3v) is 4.32. The van der Waals surface area contributed by atoms with Crippen LogP contribution in [-0.4, -0.2) is 74.1 Å². The van der Waals surface area contributed by atoms with Crippen LogP contribution in [0.1, 0.15) is 23.4 Å². The van der Waals surface area contributed by atoms with E-state index in [2.05, 4.69) is 15.2 Å². The second kappa shape index (κ2) is 9.26. The van der Waals surface area contributed by atoms with E-state index >= 15 is 0 Å². The molecule has 8 heteroatoms. The van der Waals surface area contributed by atoms with Crippen molar-refractivity contribution in [2.24, 2.45) is 4.99 Å². The smallest absolute Gasteiger partial charge is 0.289 e. The zero-order chi connectivity index (χ0) is 16.1. The van der Waals surface area contributed by atoms with Gasteiger partial charge in [0.25, 0.3) is 5.91 Å². The number of carbonyl (C=O) groups is 1. The monoisotopic (exact) mass is 448 g/mol. The number of piperazine rings is 1. The van der Waals surface area contributed by atoms with Gasteiger partial charge in [-0.15, -0.1) is 24.0 Å². The molecule has 134 valence electrons. The van der Waals surface area contributed by atoms with Crippen molar-refractivity contribution in [2.45, 2.75) is 18.9 Å². The Morgan fingerprint density at radius 1 is 1.33 bits per heavy atom. The van der Waals surface area contributed by atoms with Gasteiger partial charge in [0.05, 0.1) is 12.4 Å². The lowest BCUT2D eigenvalue weighted by Gasteiger charge is -2.36. The third-order valence-electron chi connectivity index (χ3n) is 4.32. The van der Waals surface area contributed by atoms with E-state index in [1.54, 1.807) is 19.2 Å². The van der Waals surface area contributed by atoms with E-state index in [-0.39, 0.29) is 36.0 Å². The van der Waals surface area contributed by atoms with Gasteiger partial charge in [0.2, 0.25) is 0 Å². The van der Waals surface area contributed by atoms with Crippen LogP contribution in [-0.2, 0) is 4.74 Å². The fourth-order valence-corrected chi connectivity index (χ4v) is 3.02. The van der Waals surface area contributed by atoms with Crippen LogP contribution in [0.3, 0.4) is 0 Å². The number of halogens is 1. The first-order valence-corrected chi connectivity index (χ1v) is 8.18. The summed E-state index contributed by atoms with van der Waals surface area (Å²) in [5, 5.41) is 3.38. The first kappa shape index (κ1) is 19.0. The van der Waals surface area contributed by atoms with Crippen molar-refractivity contribution in [3.63, 3.8) is 0 Å². The predicted octanol–water partition coefficient (Wildman–Crippen LogP) is 1.41. The second-order valence-electron chi connectivity index (χ2n) is 5.82. The minimum Gasteiger partial charge on any atom is -0.459 e. The van der Waals surface area contributed by atoms with E-state index in [1.165, 1.54) is 6.26 Å². The van der Waals surface area contributed by atoms with Crippen LogP contribution in [0.15, 0.2) is 27.8 Å². The van der Waals surface area contributed by atoms with Crippen LogP contribution < -0.4 is 5.32 Å². The molecule has 0 aromatic carbocycles. The maximum absolute atomic E-state index is 12.3. The molecule has 1 aromatic rings. The molecule has 0 aliphatic carbocycles. The minimum absolute atomic E-state index is 0. The molecule has 2 saturated heterocycles. The lowest BCUT2D eigenvalue weighted by Crippen LogP contribution is -2.54. The Morgan fingerprint density at radius 2 is 2.08 bits per heavy atom. The Hall–Kier alpha value is -1.29. The van der Waals surface area contributed by atoms with Crippen molar-refractivity contribution in [2.75, 3.05) is 46.4 Å². The van der Waals surface area contributed by atoms with Crippen molar-refractivity contribution in [3.8, 4) is 0 Å². The summed E-state index contributed by atoms with van der Waals surface area (Å²) < 4.78 is 10.8. The zero-order valence-electron chi connectivity index (χ0n) is 13.9. The largest absolute Gasteiger partial charge is 0.459 e. The fourth-order valence-electron chi connectivity index (χ4n) is 3.02. The molecule has 1 aromatic heterocycles. The fraction of sp³-hybridized carbons (Fsp3) is 0.625. The van der Waals surface area contributed by atoms with Crippen LogP contribution in [0.2, 0.25) is 0 Å². The molecule has 1 amide bonds. The Balaban J connectivity index is 0.00000208. The average molecular weight is 448 g/mol. The van der Waals surface area contributed by atoms with Crippen LogP contribution in [0.5, 0.6) is 0 Å². The molecule has 2 aliphatic heterocycles. The van der Waals surface area contributed by atoms with Gasteiger partial charge in [0.15, 0.2) is 11.7 Å². The van der Waals surface area contributed by atoms with Gasteiger partial charge < -0.3 is 24.3 Å². The van der Waals surface area contributed by atoms with Gasteiger partial charge in [-0.25, -0.2) is 0 Å². The highest BCUT2D eigenvalue weighted by Gasteiger charge is 2.25. The number of ether oxygens (including phenoxy) is 1. The van der Waals surface area contributed by atoms with Gasteiger partial charge in [0, 0.05) is 46.4 Å². The van der Waals surface area contributed by atoms with Crippen LogP contribution in [0.25, 0.3) is 0 Å². The van der Waals surface area contributed by atoms with Gasteiger partial charge in [0.1, 0.15) is 0 Å². The maximum atomic E-state index is 12.3. The minimum atomic E-state index is -0.0445. The van der Waals surface area contributed by atoms with E-state index in [0.29, 0.717) is 18.8 Å². The molecule has 24 heavy (non-hydrogen) atoms. The Labute approximate surface area is 159 Å².